The van der Waals surface area contributed by atoms with Crippen molar-refractivity contribution in [3.05, 3.63) is 53.3 Å². The maximum atomic E-state index is 12.2. The number of sulfonamides is 1. The molecule has 2 rings (SSSR count). The van der Waals surface area contributed by atoms with Crippen molar-refractivity contribution >= 4 is 27.3 Å². The van der Waals surface area contributed by atoms with Gasteiger partial charge in [-0.1, -0.05) is 17.7 Å². The molecule has 0 atom stereocenters. The average molecular weight is 312 g/mol. The van der Waals surface area contributed by atoms with Crippen molar-refractivity contribution in [3.63, 3.8) is 0 Å². The highest BCUT2D eigenvalue weighted by molar-refractivity contribution is 7.89. The first-order chi connectivity index (χ1) is 9.50. The van der Waals surface area contributed by atoms with Gasteiger partial charge >= 0.3 is 0 Å². The summed E-state index contributed by atoms with van der Waals surface area (Å²) in [5.41, 5.74) is 6.81. The number of anilines is 1. The van der Waals surface area contributed by atoms with Crippen LogP contribution in [-0.4, -0.2) is 19.9 Å². The lowest BCUT2D eigenvalue weighted by atomic mass is 10.2. The van der Waals surface area contributed by atoms with Gasteiger partial charge in [-0.25, -0.2) is 13.1 Å². The van der Waals surface area contributed by atoms with Crippen LogP contribution in [0.5, 0.6) is 0 Å². The lowest BCUT2D eigenvalue weighted by Gasteiger charge is -2.10. The monoisotopic (exact) mass is 311 g/mol. The minimum Gasteiger partial charge on any atom is -0.398 e. The third kappa shape index (κ3) is 3.47. The second-order valence-electron chi connectivity index (χ2n) is 4.16. The van der Waals surface area contributed by atoms with Crippen LogP contribution in [-0.2, 0) is 16.4 Å². The Morgan fingerprint density at radius 2 is 1.90 bits per heavy atom. The zero-order chi connectivity index (χ0) is 14.6. The Kier molecular flexibility index (Phi) is 4.59. The number of rotatable bonds is 5. The van der Waals surface area contributed by atoms with Crippen molar-refractivity contribution in [2.75, 3.05) is 12.3 Å². The van der Waals surface area contributed by atoms with E-state index in [1.54, 1.807) is 18.5 Å². The second kappa shape index (κ2) is 6.21. The molecule has 0 aliphatic carbocycles. The molecule has 0 aliphatic rings. The third-order valence-corrected chi connectivity index (χ3v) is 4.73. The summed E-state index contributed by atoms with van der Waals surface area (Å²) in [6, 6.07) is 8.27. The number of halogens is 1. The number of hydrogen-bond acceptors (Lipinski definition) is 4. The summed E-state index contributed by atoms with van der Waals surface area (Å²) >= 11 is 5.90. The summed E-state index contributed by atoms with van der Waals surface area (Å²) in [6.07, 6.45) is 3.89. The molecule has 20 heavy (non-hydrogen) atoms. The van der Waals surface area contributed by atoms with Crippen LogP contribution in [0.1, 0.15) is 5.56 Å². The van der Waals surface area contributed by atoms with Crippen LogP contribution in [0.25, 0.3) is 0 Å². The number of pyridine rings is 1. The summed E-state index contributed by atoms with van der Waals surface area (Å²) in [5, 5.41) is 0.112. The highest BCUT2D eigenvalue weighted by Crippen LogP contribution is 2.26. The Morgan fingerprint density at radius 3 is 2.55 bits per heavy atom. The molecule has 0 saturated heterocycles. The number of aromatic nitrogens is 1. The van der Waals surface area contributed by atoms with Crippen molar-refractivity contribution in [2.45, 2.75) is 11.3 Å². The van der Waals surface area contributed by atoms with E-state index in [9.17, 15) is 8.42 Å². The number of nitrogens with one attached hydrogen (secondary N) is 1. The summed E-state index contributed by atoms with van der Waals surface area (Å²) in [6.45, 7) is 0.261. The zero-order valence-electron chi connectivity index (χ0n) is 10.6. The van der Waals surface area contributed by atoms with E-state index in [1.807, 2.05) is 12.1 Å². The van der Waals surface area contributed by atoms with Crippen molar-refractivity contribution in [1.29, 1.82) is 0 Å². The maximum absolute atomic E-state index is 12.2. The first-order valence-corrected chi connectivity index (χ1v) is 7.79. The fraction of sp³-hybridized carbons (Fsp3) is 0.154. The third-order valence-electron chi connectivity index (χ3n) is 2.72. The van der Waals surface area contributed by atoms with Crippen molar-refractivity contribution in [3.8, 4) is 0 Å². The Labute approximate surface area is 122 Å². The van der Waals surface area contributed by atoms with Gasteiger partial charge in [0.25, 0.3) is 0 Å². The van der Waals surface area contributed by atoms with Gasteiger partial charge in [-0.2, -0.15) is 0 Å². The lowest BCUT2D eigenvalue weighted by Crippen LogP contribution is -2.27. The smallest absolute Gasteiger partial charge is 0.244 e. The molecule has 0 amide bonds. The molecule has 1 aromatic heterocycles. The normalized spacial score (nSPS) is 11.4. The molecule has 0 fully saturated rings. The van der Waals surface area contributed by atoms with Crippen LogP contribution in [0.4, 0.5) is 5.69 Å². The van der Waals surface area contributed by atoms with Gasteiger partial charge in [0.05, 0.1) is 10.7 Å². The number of hydrogen-bond donors (Lipinski definition) is 2. The van der Waals surface area contributed by atoms with Crippen LogP contribution in [0.15, 0.2) is 47.6 Å². The molecular weight excluding hydrogens is 298 g/mol. The van der Waals surface area contributed by atoms with Gasteiger partial charge in [0.15, 0.2) is 0 Å². The van der Waals surface area contributed by atoms with Gasteiger partial charge in [0.2, 0.25) is 10.0 Å². The van der Waals surface area contributed by atoms with Gasteiger partial charge in [0, 0.05) is 18.9 Å². The molecule has 0 radical (unpaired) electrons. The molecule has 3 N–H and O–H groups in total. The molecule has 0 bridgehead atoms. The van der Waals surface area contributed by atoms with E-state index in [0.717, 1.165) is 5.56 Å². The minimum atomic E-state index is -3.71. The highest BCUT2D eigenvalue weighted by atomic mass is 35.5. The van der Waals surface area contributed by atoms with E-state index in [-0.39, 0.29) is 22.2 Å². The van der Waals surface area contributed by atoms with Crippen LogP contribution in [0, 0.1) is 0 Å². The molecule has 2 aromatic rings. The van der Waals surface area contributed by atoms with E-state index in [2.05, 4.69) is 9.71 Å². The molecular formula is C13H14ClN3O2S. The Morgan fingerprint density at radius 1 is 1.20 bits per heavy atom. The Hall–Kier alpha value is -1.63. The van der Waals surface area contributed by atoms with Crippen LogP contribution < -0.4 is 10.5 Å². The molecule has 106 valence electrons. The van der Waals surface area contributed by atoms with Crippen molar-refractivity contribution in [1.82, 2.24) is 9.71 Å². The maximum Gasteiger partial charge on any atom is 0.244 e. The Balaban J connectivity index is 2.09. The fourth-order valence-electron chi connectivity index (χ4n) is 1.76. The molecule has 1 aromatic carbocycles. The van der Waals surface area contributed by atoms with Gasteiger partial charge in [-0.05, 0) is 36.2 Å². The van der Waals surface area contributed by atoms with Gasteiger partial charge in [0.1, 0.15) is 4.90 Å². The molecule has 1 heterocycles. The summed E-state index contributed by atoms with van der Waals surface area (Å²) < 4.78 is 26.8. The highest BCUT2D eigenvalue weighted by Gasteiger charge is 2.20. The average Bonchev–Trinajstić information content (AvgIpc) is 2.39. The lowest BCUT2D eigenvalue weighted by molar-refractivity contribution is 0.582. The number of benzene rings is 1. The van der Waals surface area contributed by atoms with Crippen molar-refractivity contribution in [2.24, 2.45) is 0 Å². The van der Waals surface area contributed by atoms with Gasteiger partial charge < -0.3 is 5.73 Å². The largest absolute Gasteiger partial charge is 0.398 e. The zero-order valence-corrected chi connectivity index (χ0v) is 12.2. The summed E-state index contributed by atoms with van der Waals surface area (Å²) in [4.78, 5) is 3.83. The number of nitrogens with zero attached hydrogens (tertiary/aromatic N) is 1. The van der Waals surface area contributed by atoms with Crippen molar-refractivity contribution < 1.29 is 8.42 Å². The SMILES string of the molecule is Nc1cccc(Cl)c1S(=O)(=O)NCCc1ccncc1. The molecule has 7 heteroatoms. The van der Waals surface area contributed by atoms with Gasteiger partial charge in [-0.15, -0.1) is 0 Å². The van der Waals surface area contributed by atoms with E-state index in [4.69, 9.17) is 17.3 Å². The topological polar surface area (TPSA) is 85.1 Å². The van der Waals surface area contributed by atoms with Crippen LogP contribution >= 0.6 is 11.6 Å². The predicted molar refractivity (Wildman–Crippen MR) is 79.0 cm³/mol. The van der Waals surface area contributed by atoms with Gasteiger partial charge in [-0.3, -0.25) is 4.98 Å². The van der Waals surface area contributed by atoms with E-state index in [1.165, 1.54) is 12.1 Å². The molecule has 5 nitrogen and oxygen atoms in total. The quantitative estimate of drug-likeness (QED) is 0.825. The molecule has 0 unspecified atom stereocenters. The second-order valence-corrected chi connectivity index (χ2v) is 6.27. The van der Waals surface area contributed by atoms with E-state index < -0.39 is 10.0 Å². The van der Waals surface area contributed by atoms with E-state index in [0.29, 0.717) is 6.42 Å². The Bertz CT molecular complexity index is 670. The first kappa shape index (κ1) is 14.8. The number of nitrogen functional groups attached to an aromatic ring is 1. The predicted octanol–water partition coefficient (Wildman–Crippen LogP) is 1.84. The summed E-state index contributed by atoms with van der Waals surface area (Å²) in [7, 11) is -3.71. The van der Waals surface area contributed by atoms with Crippen LogP contribution in [0.2, 0.25) is 5.02 Å². The van der Waals surface area contributed by atoms with E-state index >= 15 is 0 Å². The standard InChI is InChI=1S/C13H14ClN3O2S/c14-11-2-1-3-12(15)13(11)20(18,19)17-9-6-10-4-7-16-8-5-10/h1-5,7-8,17H,6,9,15H2. The fourth-order valence-corrected chi connectivity index (χ4v) is 3.47. The minimum absolute atomic E-state index is 0.0728. The van der Waals surface area contributed by atoms with Crippen LogP contribution in [0.3, 0.4) is 0 Å². The molecule has 0 spiro atoms. The molecule has 0 saturated carbocycles. The number of nitrogens with two attached hydrogens (primary N) is 1. The first-order valence-electron chi connectivity index (χ1n) is 5.93. The molecule has 0 aliphatic heterocycles. The summed E-state index contributed by atoms with van der Waals surface area (Å²) in [5.74, 6) is 0.